The summed E-state index contributed by atoms with van der Waals surface area (Å²) in [7, 11) is 3.19. The SMILES string of the molecule is CNC(=O)c1cnn(C)c1NC(=O)c1ccccc1. The first kappa shape index (κ1) is 12.8. The minimum Gasteiger partial charge on any atom is -0.355 e. The fourth-order valence-corrected chi connectivity index (χ4v) is 1.66. The molecule has 0 saturated heterocycles. The number of benzene rings is 1. The molecule has 19 heavy (non-hydrogen) atoms. The highest BCUT2D eigenvalue weighted by Crippen LogP contribution is 2.15. The minimum absolute atomic E-state index is 0.283. The zero-order valence-electron chi connectivity index (χ0n) is 10.7. The maximum Gasteiger partial charge on any atom is 0.256 e. The van der Waals surface area contributed by atoms with Crippen molar-refractivity contribution >= 4 is 17.6 Å². The number of anilines is 1. The van der Waals surface area contributed by atoms with Gasteiger partial charge < -0.3 is 10.6 Å². The van der Waals surface area contributed by atoms with Crippen LogP contribution in [-0.2, 0) is 7.05 Å². The number of aromatic nitrogens is 2. The highest BCUT2D eigenvalue weighted by atomic mass is 16.2. The summed E-state index contributed by atoms with van der Waals surface area (Å²) in [5, 5.41) is 9.17. The Bertz CT molecular complexity index is 604. The molecule has 1 heterocycles. The van der Waals surface area contributed by atoms with Crippen molar-refractivity contribution in [1.29, 1.82) is 0 Å². The average molecular weight is 258 g/mol. The lowest BCUT2D eigenvalue weighted by Crippen LogP contribution is -2.21. The number of nitrogens with one attached hydrogen (secondary N) is 2. The van der Waals surface area contributed by atoms with Gasteiger partial charge in [0.05, 0.1) is 6.20 Å². The lowest BCUT2D eigenvalue weighted by molar-refractivity contribution is 0.0964. The third-order valence-electron chi connectivity index (χ3n) is 2.68. The topological polar surface area (TPSA) is 76.0 Å². The van der Waals surface area contributed by atoms with Gasteiger partial charge in [-0.15, -0.1) is 0 Å². The fraction of sp³-hybridized carbons (Fsp3) is 0.154. The van der Waals surface area contributed by atoms with E-state index in [1.54, 1.807) is 31.3 Å². The molecule has 98 valence electrons. The summed E-state index contributed by atoms with van der Waals surface area (Å²) in [6, 6.07) is 8.78. The van der Waals surface area contributed by atoms with Crippen LogP contribution in [0, 0.1) is 0 Å². The molecule has 0 atom stereocenters. The second-order valence-electron chi connectivity index (χ2n) is 3.93. The van der Waals surface area contributed by atoms with E-state index in [1.165, 1.54) is 17.9 Å². The molecule has 1 aromatic heterocycles. The van der Waals surface area contributed by atoms with Crippen molar-refractivity contribution in [2.24, 2.45) is 7.05 Å². The van der Waals surface area contributed by atoms with Crippen LogP contribution in [0.4, 0.5) is 5.82 Å². The number of aryl methyl sites for hydroxylation is 1. The van der Waals surface area contributed by atoms with E-state index in [4.69, 9.17) is 0 Å². The fourth-order valence-electron chi connectivity index (χ4n) is 1.66. The van der Waals surface area contributed by atoms with E-state index < -0.39 is 0 Å². The highest BCUT2D eigenvalue weighted by molar-refractivity contribution is 6.08. The smallest absolute Gasteiger partial charge is 0.256 e. The Kier molecular flexibility index (Phi) is 3.61. The first-order valence-electron chi connectivity index (χ1n) is 5.74. The molecule has 2 aromatic rings. The lowest BCUT2D eigenvalue weighted by atomic mass is 10.2. The van der Waals surface area contributed by atoms with Crippen LogP contribution in [0.1, 0.15) is 20.7 Å². The van der Waals surface area contributed by atoms with Gasteiger partial charge in [-0.25, -0.2) is 0 Å². The van der Waals surface area contributed by atoms with Crippen molar-refractivity contribution in [2.75, 3.05) is 12.4 Å². The van der Waals surface area contributed by atoms with E-state index in [-0.39, 0.29) is 11.8 Å². The molecule has 2 amide bonds. The number of nitrogens with zero attached hydrogens (tertiary/aromatic N) is 2. The molecule has 1 aromatic carbocycles. The molecule has 6 nitrogen and oxygen atoms in total. The van der Waals surface area contributed by atoms with Gasteiger partial charge in [0.1, 0.15) is 11.4 Å². The van der Waals surface area contributed by atoms with Crippen LogP contribution in [0.2, 0.25) is 0 Å². The highest BCUT2D eigenvalue weighted by Gasteiger charge is 2.17. The van der Waals surface area contributed by atoms with E-state index in [2.05, 4.69) is 15.7 Å². The Morgan fingerprint density at radius 2 is 1.84 bits per heavy atom. The zero-order chi connectivity index (χ0) is 13.8. The van der Waals surface area contributed by atoms with Gasteiger partial charge in [-0.05, 0) is 12.1 Å². The van der Waals surface area contributed by atoms with Gasteiger partial charge in [0, 0.05) is 19.7 Å². The van der Waals surface area contributed by atoms with Crippen molar-refractivity contribution in [3.8, 4) is 0 Å². The van der Waals surface area contributed by atoms with E-state index in [1.807, 2.05) is 6.07 Å². The standard InChI is InChI=1S/C13H14N4O2/c1-14-13(19)10-8-15-17(2)11(10)16-12(18)9-6-4-3-5-7-9/h3-8H,1-2H3,(H,14,19)(H,16,18). The number of carbonyl (C=O) groups is 2. The van der Waals surface area contributed by atoms with Gasteiger partial charge in [-0.2, -0.15) is 5.10 Å². The Hall–Kier alpha value is -2.63. The molecular weight excluding hydrogens is 244 g/mol. The Labute approximate surface area is 110 Å². The van der Waals surface area contributed by atoms with E-state index >= 15 is 0 Å². The quantitative estimate of drug-likeness (QED) is 0.863. The number of rotatable bonds is 3. The third-order valence-corrected chi connectivity index (χ3v) is 2.68. The summed E-state index contributed by atoms with van der Waals surface area (Å²) in [6.45, 7) is 0. The number of hydrogen-bond donors (Lipinski definition) is 2. The molecule has 6 heteroatoms. The Morgan fingerprint density at radius 1 is 1.16 bits per heavy atom. The summed E-state index contributed by atoms with van der Waals surface area (Å²) >= 11 is 0. The van der Waals surface area contributed by atoms with Gasteiger partial charge in [-0.3, -0.25) is 14.3 Å². The van der Waals surface area contributed by atoms with Crippen LogP contribution < -0.4 is 10.6 Å². The molecule has 2 rings (SSSR count). The second-order valence-corrected chi connectivity index (χ2v) is 3.93. The van der Waals surface area contributed by atoms with Crippen molar-refractivity contribution in [3.05, 3.63) is 47.7 Å². The summed E-state index contributed by atoms with van der Waals surface area (Å²) in [6.07, 6.45) is 1.42. The summed E-state index contributed by atoms with van der Waals surface area (Å²) in [5.74, 6) is -0.209. The van der Waals surface area contributed by atoms with E-state index in [9.17, 15) is 9.59 Å². The molecule has 0 aliphatic heterocycles. The average Bonchev–Trinajstić information content (AvgIpc) is 2.80. The predicted octanol–water partition coefficient (Wildman–Crippen LogP) is 1.03. The first-order chi connectivity index (χ1) is 9.13. The number of hydrogen-bond acceptors (Lipinski definition) is 3. The van der Waals surface area contributed by atoms with Gasteiger partial charge in [0.2, 0.25) is 0 Å². The largest absolute Gasteiger partial charge is 0.355 e. The number of amides is 2. The molecular formula is C13H14N4O2. The molecule has 0 saturated carbocycles. The molecule has 0 unspecified atom stereocenters. The summed E-state index contributed by atoms with van der Waals surface area (Å²) in [4.78, 5) is 23.7. The lowest BCUT2D eigenvalue weighted by Gasteiger charge is -2.07. The van der Waals surface area contributed by atoms with Crippen LogP contribution in [-0.4, -0.2) is 28.6 Å². The van der Waals surface area contributed by atoms with Crippen molar-refractivity contribution < 1.29 is 9.59 Å². The minimum atomic E-state index is -0.295. The van der Waals surface area contributed by atoms with Gasteiger partial charge in [-0.1, -0.05) is 18.2 Å². The van der Waals surface area contributed by atoms with E-state index in [0.717, 1.165) is 0 Å². The van der Waals surface area contributed by atoms with Crippen LogP contribution in [0.3, 0.4) is 0 Å². The van der Waals surface area contributed by atoms with Crippen LogP contribution in [0.15, 0.2) is 36.5 Å². The molecule has 0 radical (unpaired) electrons. The van der Waals surface area contributed by atoms with Crippen molar-refractivity contribution in [3.63, 3.8) is 0 Å². The molecule has 0 aliphatic carbocycles. The predicted molar refractivity (Wildman–Crippen MR) is 71.0 cm³/mol. The molecule has 0 bridgehead atoms. The van der Waals surface area contributed by atoms with Gasteiger partial charge in [0.25, 0.3) is 11.8 Å². The molecule has 0 aliphatic rings. The first-order valence-corrected chi connectivity index (χ1v) is 5.74. The maximum atomic E-state index is 12.0. The molecule has 0 spiro atoms. The summed E-state index contributed by atoms with van der Waals surface area (Å²) < 4.78 is 1.45. The Morgan fingerprint density at radius 3 is 2.47 bits per heavy atom. The molecule has 0 fully saturated rings. The van der Waals surface area contributed by atoms with Gasteiger partial charge >= 0.3 is 0 Å². The molecule has 2 N–H and O–H groups in total. The zero-order valence-corrected chi connectivity index (χ0v) is 10.7. The third kappa shape index (κ3) is 2.62. The van der Waals surface area contributed by atoms with Crippen LogP contribution in [0.25, 0.3) is 0 Å². The van der Waals surface area contributed by atoms with E-state index in [0.29, 0.717) is 16.9 Å². The Balaban J connectivity index is 2.27. The second kappa shape index (κ2) is 5.34. The summed E-state index contributed by atoms with van der Waals surface area (Å²) in [5.41, 5.74) is 0.848. The van der Waals surface area contributed by atoms with Crippen LogP contribution in [0.5, 0.6) is 0 Å². The monoisotopic (exact) mass is 258 g/mol. The number of carbonyl (C=O) groups excluding carboxylic acids is 2. The normalized spacial score (nSPS) is 10.0. The van der Waals surface area contributed by atoms with Gasteiger partial charge in [0.15, 0.2) is 0 Å². The maximum absolute atomic E-state index is 12.0. The van der Waals surface area contributed by atoms with Crippen LogP contribution >= 0.6 is 0 Å². The van der Waals surface area contributed by atoms with Crippen molar-refractivity contribution in [1.82, 2.24) is 15.1 Å². The van der Waals surface area contributed by atoms with Crippen molar-refractivity contribution in [2.45, 2.75) is 0 Å².